The average Bonchev–Trinajstić information content (AvgIpc) is 2.47. The van der Waals surface area contributed by atoms with Crippen LogP contribution >= 0.6 is 0 Å². The molecule has 1 aromatic carbocycles. The van der Waals surface area contributed by atoms with Gasteiger partial charge in [-0.1, -0.05) is 50.3 Å². The maximum absolute atomic E-state index is 6.46. The number of aromatic nitrogens is 1. The van der Waals surface area contributed by atoms with Crippen molar-refractivity contribution in [1.82, 2.24) is 4.98 Å². The minimum atomic E-state index is 0.149. The normalized spacial score (nSPS) is 18.6. The van der Waals surface area contributed by atoms with Gasteiger partial charge in [-0.25, -0.2) is 0 Å². The van der Waals surface area contributed by atoms with Crippen molar-refractivity contribution in [3.63, 3.8) is 0 Å². The summed E-state index contributed by atoms with van der Waals surface area (Å²) < 4.78 is 0. The molecule has 100 valence electrons. The van der Waals surface area contributed by atoms with Gasteiger partial charge < -0.3 is 5.73 Å². The van der Waals surface area contributed by atoms with Crippen LogP contribution in [0.25, 0.3) is 10.8 Å². The number of pyridine rings is 1. The lowest BCUT2D eigenvalue weighted by molar-refractivity contribution is 0.319. The zero-order chi connectivity index (χ0) is 13.1. The maximum Gasteiger partial charge on any atom is 0.0349 e. The lowest BCUT2D eigenvalue weighted by Gasteiger charge is -2.25. The SMILES string of the molecule is NC(CC1CCCCC1)c1cccc2ccncc12. The van der Waals surface area contributed by atoms with E-state index in [1.165, 1.54) is 48.4 Å². The summed E-state index contributed by atoms with van der Waals surface area (Å²) in [6, 6.07) is 8.62. The van der Waals surface area contributed by atoms with Crippen LogP contribution in [0.3, 0.4) is 0 Å². The highest BCUT2D eigenvalue weighted by atomic mass is 14.6. The van der Waals surface area contributed by atoms with Gasteiger partial charge in [-0.05, 0) is 29.4 Å². The second kappa shape index (κ2) is 5.70. The quantitative estimate of drug-likeness (QED) is 0.891. The van der Waals surface area contributed by atoms with Crippen LogP contribution in [0.2, 0.25) is 0 Å². The Hall–Kier alpha value is -1.41. The molecule has 2 N–H and O–H groups in total. The summed E-state index contributed by atoms with van der Waals surface area (Å²) >= 11 is 0. The Bertz CT molecular complexity index is 538. The highest BCUT2D eigenvalue weighted by Gasteiger charge is 2.18. The van der Waals surface area contributed by atoms with E-state index in [4.69, 9.17) is 5.73 Å². The Kier molecular flexibility index (Phi) is 3.79. The Balaban J connectivity index is 1.82. The van der Waals surface area contributed by atoms with E-state index in [0.29, 0.717) is 0 Å². The molecular formula is C17H22N2. The third-order valence-electron chi connectivity index (χ3n) is 4.43. The minimum Gasteiger partial charge on any atom is -0.324 e. The second-order valence-electron chi connectivity index (χ2n) is 5.79. The molecule has 1 saturated carbocycles. The number of benzene rings is 1. The molecule has 3 rings (SSSR count). The number of hydrogen-bond donors (Lipinski definition) is 1. The number of nitrogens with zero attached hydrogens (tertiary/aromatic N) is 1. The number of nitrogens with two attached hydrogens (primary N) is 1. The molecule has 1 heterocycles. The van der Waals surface area contributed by atoms with Crippen LogP contribution in [0.1, 0.15) is 50.1 Å². The fourth-order valence-electron chi connectivity index (χ4n) is 3.37. The third kappa shape index (κ3) is 2.79. The van der Waals surface area contributed by atoms with E-state index < -0.39 is 0 Å². The average molecular weight is 254 g/mol. The van der Waals surface area contributed by atoms with Crippen molar-refractivity contribution in [3.05, 3.63) is 42.2 Å². The fourth-order valence-corrected chi connectivity index (χ4v) is 3.37. The number of fused-ring (bicyclic) bond motifs is 1. The summed E-state index contributed by atoms with van der Waals surface area (Å²) in [6.45, 7) is 0. The van der Waals surface area contributed by atoms with Crippen molar-refractivity contribution >= 4 is 10.8 Å². The molecule has 19 heavy (non-hydrogen) atoms. The van der Waals surface area contributed by atoms with Crippen LogP contribution in [0.15, 0.2) is 36.7 Å². The van der Waals surface area contributed by atoms with Crippen molar-refractivity contribution in [2.24, 2.45) is 11.7 Å². The standard InChI is InChI=1S/C17H22N2/c18-17(11-13-5-2-1-3-6-13)15-8-4-7-14-9-10-19-12-16(14)15/h4,7-10,12-13,17H,1-3,5-6,11,18H2. The summed E-state index contributed by atoms with van der Waals surface area (Å²) in [5, 5.41) is 2.46. The molecule has 1 unspecified atom stereocenters. The maximum atomic E-state index is 6.46. The van der Waals surface area contributed by atoms with Gasteiger partial charge in [-0.3, -0.25) is 4.98 Å². The summed E-state index contributed by atoms with van der Waals surface area (Å²) in [5.74, 6) is 0.815. The highest BCUT2D eigenvalue weighted by Crippen LogP contribution is 2.32. The molecule has 0 spiro atoms. The van der Waals surface area contributed by atoms with E-state index in [0.717, 1.165) is 12.3 Å². The van der Waals surface area contributed by atoms with Crippen molar-refractivity contribution in [2.75, 3.05) is 0 Å². The lowest BCUT2D eigenvalue weighted by atomic mass is 9.83. The molecule has 1 fully saturated rings. The number of hydrogen-bond acceptors (Lipinski definition) is 2. The van der Waals surface area contributed by atoms with Crippen molar-refractivity contribution < 1.29 is 0 Å². The Morgan fingerprint density at radius 1 is 1.16 bits per heavy atom. The third-order valence-corrected chi connectivity index (χ3v) is 4.43. The topological polar surface area (TPSA) is 38.9 Å². The molecule has 1 aliphatic rings. The summed E-state index contributed by atoms with van der Waals surface area (Å²) in [7, 11) is 0. The van der Waals surface area contributed by atoms with E-state index in [9.17, 15) is 0 Å². The molecule has 1 atom stereocenters. The zero-order valence-electron chi connectivity index (χ0n) is 11.4. The Labute approximate surface area is 115 Å². The molecule has 0 radical (unpaired) electrons. The van der Waals surface area contributed by atoms with Gasteiger partial charge in [0.1, 0.15) is 0 Å². The van der Waals surface area contributed by atoms with Crippen LogP contribution in [-0.4, -0.2) is 4.98 Å². The van der Waals surface area contributed by atoms with Gasteiger partial charge in [0.05, 0.1) is 0 Å². The first kappa shape index (κ1) is 12.6. The Morgan fingerprint density at radius 3 is 2.84 bits per heavy atom. The predicted octanol–water partition coefficient (Wildman–Crippen LogP) is 4.21. The van der Waals surface area contributed by atoms with Gasteiger partial charge >= 0.3 is 0 Å². The smallest absolute Gasteiger partial charge is 0.0349 e. The van der Waals surface area contributed by atoms with E-state index >= 15 is 0 Å². The molecule has 2 nitrogen and oxygen atoms in total. The largest absolute Gasteiger partial charge is 0.324 e. The van der Waals surface area contributed by atoms with Crippen molar-refractivity contribution in [2.45, 2.75) is 44.6 Å². The summed E-state index contributed by atoms with van der Waals surface area (Å²) in [4.78, 5) is 4.25. The van der Waals surface area contributed by atoms with Gasteiger partial charge in [0, 0.05) is 23.8 Å². The van der Waals surface area contributed by atoms with E-state index in [1.54, 1.807) is 0 Å². The van der Waals surface area contributed by atoms with Crippen LogP contribution in [0.5, 0.6) is 0 Å². The monoisotopic (exact) mass is 254 g/mol. The van der Waals surface area contributed by atoms with Crippen LogP contribution in [0, 0.1) is 5.92 Å². The highest BCUT2D eigenvalue weighted by molar-refractivity contribution is 5.85. The molecule has 0 saturated heterocycles. The van der Waals surface area contributed by atoms with Gasteiger partial charge in [-0.15, -0.1) is 0 Å². The number of rotatable bonds is 3. The fraction of sp³-hybridized carbons (Fsp3) is 0.471. The van der Waals surface area contributed by atoms with Crippen LogP contribution < -0.4 is 5.73 Å². The van der Waals surface area contributed by atoms with Gasteiger partial charge in [0.15, 0.2) is 0 Å². The van der Waals surface area contributed by atoms with Crippen LogP contribution in [-0.2, 0) is 0 Å². The Morgan fingerprint density at radius 2 is 2.00 bits per heavy atom. The second-order valence-corrected chi connectivity index (χ2v) is 5.79. The van der Waals surface area contributed by atoms with Gasteiger partial charge in [0.25, 0.3) is 0 Å². The molecule has 0 bridgehead atoms. The zero-order valence-corrected chi connectivity index (χ0v) is 11.4. The van der Waals surface area contributed by atoms with Crippen molar-refractivity contribution in [1.29, 1.82) is 0 Å². The van der Waals surface area contributed by atoms with Crippen molar-refractivity contribution in [3.8, 4) is 0 Å². The van der Waals surface area contributed by atoms with Gasteiger partial charge in [0.2, 0.25) is 0 Å². The molecule has 0 amide bonds. The van der Waals surface area contributed by atoms with E-state index in [1.807, 2.05) is 12.4 Å². The van der Waals surface area contributed by atoms with E-state index in [2.05, 4.69) is 29.2 Å². The summed E-state index contributed by atoms with van der Waals surface area (Å²) in [6.07, 6.45) is 11.8. The molecular weight excluding hydrogens is 232 g/mol. The summed E-state index contributed by atoms with van der Waals surface area (Å²) in [5.41, 5.74) is 7.72. The van der Waals surface area contributed by atoms with Crippen LogP contribution in [0.4, 0.5) is 0 Å². The van der Waals surface area contributed by atoms with Gasteiger partial charge in [-0.2, -0.15) is 0 Å². The van der Waals surface area contributed by atoms with E-state index in [-0.39, 0.29) is 6.04 Å². The molecule has 1 aliphatic carbocycles. The molecule has 2 aromatic rings. The predicted molar refractivity (Wildman–Crippen MR) is 79.9 cm³/mol. The first-order valence-corrected chi connectivity index (χ1v) is 7.43. The minimum absolute atomic E-state index is 0.149. The molecule has 0 aliphatic heterocycles. The lowest BCUT2D eigenvalue weighted by Crippen LogP contribution is -2.17. The molecule has 1 aromatic heterocycles. The first-order chi connectivity index (χ1) is 9.34. The molecule has 2 heteroatoms. The first-order valence-electron chi connectivity index (χ1n) is 7.43.